The molecule has 0 spiro atoms. The number of benzene rings is 2. The lowest BCUT2D eigenvalue weighted by Gasteiger charge is -2.24. The van der Waals surface area contributed by atoms with Gasteiger partial charge in [-0.2, -0.15) is 0 Å². The molecule has 2 aromatic rings. The Kier molecular flexibility index (Phi) is 7.84. The van der Waals surface area contributed by atoms with Crippen LogP contribution < -0.4 is 24.3 Å². The zero-order chi connectivity index (χ0) is 23.2. The summed E-state index contributed by atoms with van der Waals surface area (Å²) in [6.45, 7) is 1.67. The van der Waals surface area contributed by atoms with E-state index in [4.69, 9.17) is 14.2 Å². The van der Waals surface area contributed by atoms with E-state index in [1.165, 1.54) is 51.5 Å². The van der Waals surface area contributed by atoms with Crippen LogP contribution in [0, 0.1) is 0 Å². The minimum absolute atomic E-state index is 0.0833. The number of nitrogens with one attached hydrogen (secondary N) is 1. The van der Waals surface area contributed by atoms with Crippen LogP contribution in [-0.2, 0) is 6.54 Å². The van der Waals surface area contributed by atoms with Gasteiger partial charge in [-0.05, 0) is 30.7 Å². The number of methoxy groups -OCH3 is 3. The first-order valence-electron chi connectivity index (χ1n) is 9.24. The number of amides is 2. The highest BCUT2D eigenvalue weighted by Crippen LogP contribution is 2.39. The second-order valence-electron chi connectivity index (χ2n) is 6.64. The Morgan fingerprint density at radius 2 is 1.61 bits per heavy atom. The Labute approximate surface area is 178 Å². The third-order valence-corrected chi connectivity index (χ3v) is 4.48. The van der Waals surface area contributed by atoms with E-state index < -0.39 is 18.4 Å². The summed E-state index contributed by atoms with van der Waals surface area (Å²) >= 11 is 0. The highest BCUT2D eigenvalue weighted by Gasteiger charge is 2.32. The largest absolute Gasteiger partial charge is 0.573 e. The number of alkyl halides is 3. The average Bonchev–Trinajstić information content (AvgIpc) is 2.72. The van der Waals surface area contributed by atoms with Gasteiger partial charge in [-0.25, -0.2) is 4.79 Å². The van der Waals surface area contributed by atoms with E-state index in [1.54, 1.807) is 25.1 Å². The molecule has 1 unspecified atom stereocenters. The molecule has 0 bridgehead atoms. The van der Waals surface area contributed by atoms with Gasteiger partial charge in [0.15, 0.2) is 11.5 Å². The molecule has 0 saturated carbocycles. The first-order valence-corrected chi connectivity index (χ1v) is 9.24. The maximum atomic E-state index is 12.6. The van der Waals surface area contributed by atoms with E-state index in [2.05, 4.69) is 10.1 Å². The molecule has 0 aliphatic heterocycles. The van der Waals surface area contributed by atoms with Gasteiger partial charge in [0.25, 0.3) is 0 Å². The maximum absolute atomic E-state index is 12.6. The minimum Gasteiger partial charge on any atom is -0.493 e. The van der Waals surface area contributed by atoms with Crippen LogP contribution in [0.4, 0.5) is 18.0 Å². The van der Waals surface area contributed by atoms with Gasteiger partial charge < -0.3 is 29.2 Å². The fraction of sp³-hybridized carbons (Fsp3) is 0.381. The summed E-state index contributed by atoms with van der Waals surface area (Å²) < 4.78 is 57.8. The summed E-state index contributed by atoms with van der Waals surface area (Å²) in [5.41, 5.74) is 0.912. The lowest BCUT2D eigenvalue weighted by atomic mass is 10.1. The van der Waals surface area contributed by atoms with Crippen molar-refractivity contribution in [3.63, 3.8) is 0 Å². The van der Waals surface area contributed by atoms with Crippen molar-refractivity contribution in [2.45, 2.75) is 25.9 Å². The van der Waals surface area contributed by atoms with Crippen molar-refractivity contribution >= 4 is 6.03 Å². The highest BCUT2D eigenvalue weighted by atomic mass is 19.4. The Morgan fingerprint density at radius 3 is 2.13 bits per heavy atom. The van der Waals surface area contributed by atoms with Gasteiger partial charge in [0.2, 0.25) is 5.75 Å². The van der Waals surface area contributed by atoms with Crippen LogP contribution in [0.2, 0.25) is 0 Å². The van der Waals surface area contributed by atoms with Crippen LogP contribution in [0.3, 0.4) is 0 Å². The second-order valence-corrected chi connectivity index (χ2v) is 6.64. The molecule has 2 rings (SSSR count). The number of carbonyl (C=O) groups excluding carboxylic acids is 1. The third-order valence-electron chi connectivity index (χ3n) is 4.48. The van der Waals surface area contributed by atoms with Crippen LogP contribution >= 0.6 is 0 Å². The molecule has 0 fully saturated rings. The number of urea groups is 1. The third kappa shape index (κ3) is 6.34. The average molecular weight is 442 g/mol. The molecule has 31 heavy (non-hydrogen) atoms. The van der Waals surface area contributed by atoms with Crippen molar-refractivity contribution in [3.8, 4) is 23.0 Å². The lowest BCUT2D eigenvalue weighted by molar-refractivity contribution is -0.275. The van der Waals surface area contributed by atoms with Crippen molar-refractivity contribution in [1.82, 2.24) is 10.2 Å². The van der Waals surface area contributed by atoms with Crippen LogP contribution in [0.15, 0.2) is 36.4 Å². The normalized spacial score (nSPS) is 12.0. The molecule has 2 amide bonds. The van der Waals surface area contributed by atoms with Crippen LogP contribution in [-0.4, -0.2) is 45.7 Å². The topological polar surface area (TPSA) is 69.3 Å². The van der Waals surface area contributed by atoms with E-state index in [1.807, 2.05) is 0 Å². The number of carbonyl (C=O) groups is 1. The zero-order valence-electron chi connectivity index (χ0n) is 17.9. The van der Waals surface area contributed by atoms with E-state index in [0.717, 1.165) is 0 Å². The molecule has 7 nitrogen and oxygen atoms in total. The van der Waals surface area contributed by atoms with Crippen LogP contribution in [0.5, 0.6) is 23.0 Å². The lowest BCUT2D eigenvalue weighted by Crippen LogP contribution is -2.38. The summed E-state index contributed by atoms with van der Waals surface area (Å²) in [7, 11) is 5.93. The smallest absolute Gasteiger partial charge is 0.493 e. The van der Waals surface area contributed by atoms with Gasteiger partial charge in [-0.3, -0.25) is 0 Å². The van der Waals surface area contributed by atoms with Crippen molar-refractivity contribution in [3.05, 3.63) is 47.5 Å². The molecule has 0 saturated heterocycles. The van der Waals surface area contributed by atoms with Gasteiger partial charge in [-0.1, -0.05) is 18.2 Å². The molecule has 2 aromatic carbocycles. The molecule has 0 radical (unpaired) electrons. The monoisotopic (exact) mass is 442 g/mol. The van der Waals surface area contributed by atoms with Gasteiger partial charge in [0.05, 0.1) is 33.9 Å². The first kappa shape index (κ1) is 24.0. The quantitative estimate of drug-likeness (QED) is 0.651. The Hall–Kier alpha value is -3.30. The Bertz CT molecular complexity index is 880. The summed E-state index contributed by atoms with van der Waals surface area (Å²) in [5.74, 6) is 0.937. The summed E-state index contributed by atoms with van der Waals surface area (Å²) in [6.07, 6.45) is -4.82. The van der Waals surface area contributed by atoms with E-state index in [-0.39, 0.29) is 17.9 Å². The van der Waals surface area contributed by atoms with E-state index in [0.29, 0.717) is 22.8 Å². The summed E-state index contributed by atoms with van der Waals surface area (Å²) in [4.78, 5) is 13.9. The molecular weight excluding hydrogens is 417 g/mol. The number of ether oxygens (including phenoxy) is 4. The molecule has 170 valence electrons. The van der Waals surface area contributed by atoms with Crippen molar-refractivity contribution in [1.29, 1.82) is 0 Å². The van der Waals surface area contributed by atoms with Crippen molar-refractivity contribution < 1.29 is 36.9 Å². The molecule has 1 N–H and O–H groups in total. The number of rotatable bonds is 8. The predicted octanol–water partition coefficient (Wildman–Crippen LogP) is 4.51. The Morgan fingerprint density at radius 1 is 1.03 bits per heavy atom. The van der Waals surface area contributed by atoms with Crippen LogP contribution in [0.25, 0.3) is 0 Å². The molecule has 1 atom stereocenters. The van der Waals surface area contributed by atoms with Gasteiger partial charge in [0.1, 0.15) is 5.75 Å². The fourth-order valence-electron chi connectivity index (χ4n) is 2.92. The first-order chi connectivity index (χ1) is 14.6. The molecule has 0 aromatic heterocycles. The summed E-state index contributed by atoms with van der Waals surface area (Å²) in [6, 6.07) is 8.14. The SMILES string of the molecule is COc1cc(C(C)NC(=O)N(C)Cc2ccccc2OC(F)(F)F)cc(OC)c1OC. The second kappa shape index (κ2) is 10.1. The van der Waals surface area contributed by atoms with E-state index in [9.17, 15) is 18.0 Å². The molecule has 0 aliphatic carbocycles. The number of hydrogen-bond donors (Lipinski definition) is 1. The van der Waals surface area contributed by atoms with Crippen molar-refractivity contribution in [2.24, 2.45) is 0 Å². The number of para-hydroxylation sites is 1. The van der Waals surface area contributed by atoms with Gasteiger partial charge in [0, 0.05) is 12.6 Å². The minimum atomic E-state index is -4.82. The predicted molar refractivity (Wildman–Crippen MR) is 108 cm³/mol. The zero-order valence-corrected chi connectivity index (χ0v) is 17.9. The van der Waals surface area contributed by atoms with Gasteiger partial charge in [-0.15, -0.1) is 13.2 Å². The number of halogens is 3. The van der Waals surface area contributed by atoms with Gasteiger partial charge >= 0.3 is 12.4 Å². The van der Waals surface area contributed by atoms with E-state index >= 15 is 0 Å². The fourth-order valence-corrected chi connectivity index (χ4v) is 2.92. The van der Waals surface area contributed by atoms with Crippen molar-refractivity contribution in [2.75, 3.05) is 28.4 Å². The maximum Gasteiger partial charge on any atom is 0.573 e. The molecule has 0 aliphatic rings. The number of nitrogens with zero attached hydrogens (tertiary/aromatic N) is 1. The summed E-state index contributed by atoms with van der Waals surface area (Å²) in [5, 5.41) is 2.80. The highest BCUT2D eigenvalue weighted by molar-refractivity contribution is 5.74. The molecule has 0 heterocycles. The van der Waals surface area contributed by atoms with Crippen LogP contribution in [0.1, 0.15) is 24.1 Å². The number of hydrogen-bond acceptors (Lipinski definition) is 5. The Balaban J connectivity index is 2.14. The molecular formula is C21H25F3N2O5. The standard InChI is InChI=1S/C21H25F3N2O5/c1-13(15-10-17(28-3)19(30-5)18(11-15)29-4)25-20(27)26(2)12-14-8-6-7-9-16(14)31-21(22,23)24/h6-11,13H,12H2,1-5H3,(H,25,27). The molecule has 10 heteroatoms.